The molecule has 0 bridgehead atoms. The average Bonchev–Trinajstić information content (AvgIpc) is 2.77. The van der Waals surface area contributed by atoms with Crippen LogP contribution in [0.3, 0.4) is 0 Å². The number of benzene rings is 2. The molecular formula is C27H30ClN3O2S. The Morgan fingerprint density at radius 3 is 2.56 bits per heavy atom. The van der Waals surface area contributed by atoms with Gasteiger partial charge in [0.2, 0.25) is 0 Å². The molecule has 2 aliphatic rings. The Morgan fingerprint density at radius 2 is 1.88 bits per heavy atom. The molecule has 2 aromatic carbocycles. The number of amides is 2. The van der Waals surface area contributed by atoms with Crippen molar-refractivity contribution in [2.24, 2.45) is 0 Å². The van der Waals surface area contributed by atoms with Gasteiger partial charge in [-0.1, -0.05) is 43.6 Å². The van der Waals surface area contributed by atoms with Gasteiger partial charge in [0.15, 0.2) is 5.11 Å². The van der Waals surface area contributed by atoms with Crippen molar-refractivity contribution in [1.82, 2.24) is 5.32 Å². The second-order valence-corrected chi connectivity index (χ2v) is 10.3. The number of nitrogens with one attached hydrogen (secondary N) is 1. The van der Waals surface area contributed by atoms with Crippen molar-refractivity contribution in [3.05, 3.63) is 63.7 Å². The van der Waals surface area contributed by atoms with Crippen molar-refractivity contribution in [3.63, 3.8) is 0 Å². The van der Waals surface area contributed by atoms with E-state index in [1.807, 2.05) is 43.3 Å². The van der Waals surface area contributed by atoms with Gasteiger partial charge < -0.3 is 4.90 Å². The first kappa shape index (κ1) is 24.4. The molecule has 2 aliphatic heterocycles. The second kappa shape index (κ2) is 9.16. The number of carbonyl (C=O) groups is 2. The number of fused-ring (bicyclic) bond motifs is 1. The molecule has 34 heavy (non-hydrogen) atoms. The fourth-order valence-corrected chi connectivity index (χ4v) is 5.78. The van der Waals surface area contributed by atoms with E-state index in [1.54, 1.807) is 6.08 Å². The first-order chi connectivity index (χ1) is 16.1. The van der Waals surface area contributed by atoms with E-state index in [-0.39, 0.29) is 16.2 Å². The highest BCUT2D eigenvalue weighted by atomic mass is 35.5. The van der Waals surface area contributed by atoms with Gasteiger partial charge in [-0.15, -0.1) is 0 Å². The van der Waals surface area contributed by atoms with Crippen molar-refractivity contribution in [2.45, 2.75) is 58.9 Å². The molecule has 7 heteroatoms. The van der Waals surface area contributed by atoms with Crippen LogP contribution in [0.2, 0.25) is 5.02 Å². The molecule has 0 aromatic heterocycles. The largest absolute Gasteiger partial charge is 0.366 e. The van der Waals surface area contributed by atoms with Gasteiger partial charge in [0, 0.05) is 22.8 Å². The fourth-order valence-electron chi connectivity index (χ4n) is 5.29. The molecule has 1 atom stereocenters. The number of anilines is 2. The number of aryl methyl sites for hydroxylation is 1. The Morgan fingerprint density at radius 1 is 1.18 bits per heavy atom. The van der Waals surface area contributed by atoms with Crippen LogP contribution in [-0.4, -0.2) is 29.0 Å². The molecule has 1 saturated heterocycles. The van der Waals surface area contributed by atoms with E-state index < -0.39 is 11.8 Å². The van der Waals surface area contributed by atoms with E-state index >= 15 is 0 Å². The molecule has 1 unspecified atom stereocenters. The summed E-state index contributed by atoms with van der Waals surface area (Å²) in [5, 5.41) is 3.26. The highest BCUT2D eigenvalue weighted by Crippen LogP contribution is 2.45. The van der Waals surface area contributed by atoms with Crippen LogP contribution >= 0.6 is 23.8 Å². The Labute approximate surface area is 211 Å². The van der Waals surface area contributed by atoms with E-state index in [9.17, 15) is 9.59 Å². The Kier molecular flexibility index (Phi) is 6.58. The Hall–Kier alpha value is -2.70. The monoisotopic (exact) mass is 495 g/mol. The zero-order valence-corrected chi connectivity index (χ0v) is 21.8. The third kappa shape index (κ3) is 4.14. The summed E-state index contributed by atoms with van der Waals surface area (Å²) in [5.41, 5.74) is 4.61. The number of hydrogen-bond donors (Lipinski definition) is 1. The number of para-hydroxylation sites is 1. The van der Waals surface area contributed by atoms with Gasteiger partial charge in [0.1, 0.15) is 5.57 Å². The summed E-state index contributed by atoms with van der Waals surface area (Å²) in [6.45, 7) is 11.7. The summed E-state index contributed by atoms with van der Waals surface area (Å²) in [5.74, 6) is -0.648. The first-order valence-electron chi connectivity index (χ1n) is 11.7. The van der Waals surface area contributed by atoms with Crippen LogP contribution in [0.5, 0.6) is 0 Å². The van der Waals surface area contributed by atoms with E-state index in [4.69, 9.17) is 23.8 Å². The number of rotatable bonds is 4. The molecule has 1 N–H and O–H groups in total. The molecule has 0 aliphatic carbocycles. The first-order valence-corrected chi connectivity index (χ1v) is 12.5. The summed E-state index contributed by atoms with van der Waals surface area (Å²) in [6.07, 6.45) is 3.32. The van der Waals surface area contributed by atoms with E-state index in [0.717, 1.165) is 30.6 Å². The van der Waals surface area contributed by atoms with Crippen LogP contribution in [-0.2, 0) is 16.0 Å². The predicted molar refractivity (Wildman–Crippen MR) is 144 cm³/mol. The van der Waals surface area contributed by atoms with Crippen molar-refractivity contribution in [2.75, 3.05) is 16.3 Å². The maximum Gasteiger partial charge on any atom is 0.270 e. The minimum Gasteiger partial charge on any atom is -0.366 e. The van der Waals surface area contributed by atoms with Crippen LogP contribution in [0, 0.1) is 0 Å². The molecule has 2 heterocycles. The minimum atomic E-state index is -0.515. The fraction of sp³-hybridized carbons (Fsp3) is 0.370. The third-order valence-electron chi connectivity index (χ3n) is 6.84. The van der Waals surface area contributed by atoms with Crippen LogP contribution < -0.4 is 15.1 Å². The zero-order valence-electron chi connectivity index (χ0n) is 20.2. The van der Waals surface area contributed by atoms with E-state index in [2.05, 4.69) is 37.9 Å². The molecule has 0 saturated carbocycles. The summed E-state index contributed by atoms with van der Waals surface area (Å²) in [6, 6.07) is 11.5. The number of thiocarbonyl (C=S) groups is 1. The lowest BCUT2D eigenvalue weighted by molar-refractivity contribution is -0.122. The molecule has 4 rings (SSSR count). The summed E-state index contributed by atoms with van der Waals surface area (Å²) < 4.78 is 0. The summed E-state index contributed by atoms with van der Waals surface area (Å²) in [4.78, 5) is 30.1. The van der Waals surface area contributed by atoms with Gasteiger partial charge in [-0.3, -0.25) is 19.8 Å². The van der Waals surface area contributed by atoms with E-state index in [0.29, 0.717) is 22.2 Å². The average molecular weight is 496 g/mol. The smallest absolute Gasteiger partial charge is 0.270 e. The number of halogens is 1. The minimum absolute atomic E-state index is 0.0116. The van der Waals surface area contributed by atoms with Gasteiger partial charge in [-0.05, 0) is 92.7 Å². The lowest BCUT2D eigenvalue weighted by Gasteiger charge is -2.47. The zero-order chi connectivity index (χ0) is 24.8. The maximum absolute atomic E-state index is 13.5. The molecule has 2 aromatic rings. The quantitative estimate of drug-likeness (QED) is 0.328. The third-order valence-corrected chi connectivity index (χ3v) is 7.45. The Bertz CT molecular complexity index is 1220. The van der Waals surface area contributed by atoms with Gasteiger partial charge in [0.25, 0.3) is 11.8 Å². The molecule has 5 nitrogen and oxygen atoms in total. The Balaban J connectivity index is 1.79. The molecular weight excluding hydrogens is 466 g/mol. The number of nitrogens with zero attached hydrogens (tertiary/aromatic N) is 2. The topological polar surface area (TPSA) is 52.7 Å². The maximum atomic E-state index is 13.5. The van der Waals surface area contributed by atoms with Crippen LogP contribution in [0.15, 0.2) is 42.0 Å². The van der Waals surface area contributed by atoms with Crippen LogP contribution in [0.1, 0.15) is 63.6 Å². The van der Waals surface area contributed by atoms with Gasteiger partial charge >= 0.3 is 0 Å². The van der Waals surface area contributed by atoms with Gasteiger partial charge in [-0.2, -0.15) is 0 Å². The van der Waals surface area contributed by atoms with Crippen molar-refractivity contribution in [1.29, 1.82) is 0 Å². The summed E-state index contributed by atoms with van der Waals surface area (Å²) in [7, 11) is 0. The highest BCUT2D eigenvalue weighted by molar-refractivity contribution is 7.80. The molecule has 0 spiro atoms. The van der Waals surface area contributed by atoms with Crippen LogP contribution in [0.25, 0.3) is 6.08 Å². The van der Waals surface area contributed by atoms with E-state index in [1.165, 1.54) is 10.5 Å². The van der Waals surface area contributed by atoms with Crippen molar-refractivity contribution in [3.8, 4) is 0 Å². The van der Waals surface area contributed by atoms with Crippen LogP contribution in [0.4, 0.5) is 11.4 Å². The predicted octanol–water partition coefficient (Wildman–Crippen LogP) is 5.85. The SMILES string of the molecule is CCc1ccccc1N1C(=O)/C(=C\c2cc3c(cc2Cl)N(CC)C(C)(C)CC3C)C(=O)NC1=S. The molecule has 0 radical (unpaired) electrons. The lowest BCUT2D eigenvalue weighted by atomic mass is 9.79. The van der Waals surface area contributed by atoms with Crippen molar-refractivity contribution >= 4 is 58.2 Å². The normalized spacial score (nSPS) is 21.1. The lowest BCUT2D eigenvalue weighted by Crippen LogP contribution is -2.54. The number of carbonyl (C=O) groups excluding carboxylic acids is 2. The number of hydrogen-bond acceptors (Lipinski definition) is 4. The molecule has 2 amide bonds. The highest BCUT2D eigenvalue weighted by Gasteiger charge is 2.37. The standard InChI is InChI=1S/C27H30ClN3O2S/c1-6-17-10-8-9-11-22(17)31-25(33)20(24(32)29-26(31)34)13-18-12-19-16(3)15-27(4,5)30(7-2)23(19)14-21(18)28/h8-14,16H,6-7,15H2,1-5H3,(H,29,32,34)/b20-13-. The summed E-state index contributed by atoms with van der Waals surface area (Å²) >= 11 is 12.1. The second-order valence-electron chi connectivity index (χ2n) is 9.53. The van der Waals surface area contributed by atoms with Gasteiger partial charge in [0.05, 0.1) is 5.69 Å². The molecule has 178 valence electrons. The molecule has 1 fully saturated rings. The van der Waals surface area contributed by atoms with Gasteiger partial charge in [-0.25, -0.2) is 0 Å². The van der Waals surface area contributed by atoms with Crippen molar-refractivity contribution < 1.29 is 9.59 Å².